The fourth-order valence-electron chi connectivity index (χ4n) is 6.41. The summed E-state index contributed by atoms with van der Waals surface area (Å²) in [6, 6.07) is 0. The number of hydrogen-bond donors (Lipinski definition) is 1. The molecule has 3 aliphatic carbocycles. The van der Waals surface area contributed by atoms with Crippen LogP contribution in [0.25, 0.3) is 0 Å². The number of fused-ring (bicyclic) bond motifs is 3. The molecule has 3 nitrogen and oxygen atoms in total. The number of aliphatic hydroxyl groups excluding tert-OH is 1. The van der Waals surface area contributed by atoms with E-state index < -0.39 is 6.29 Å². The first-order valence-corrected chi connectivity index (χ1v) is 7.34. The van der Waals surface area contributed by atoms with E-state index >= 15 is 0 Å². The molecule has 0 aromatic heterocycles. The number of aliphatic hydroxyl groups is 1. The van der Waals surface area contributed by atoms with Crippen molar-refractivity contribution >= 4 is 0 Å². The van der Waals surface area contributed by atoms with E-state index in [0.29, 0.717) is 24.0 Å². The van der Waals surface area contributed by atoms with Crippen LogP contribution in [0, 0.1) is 28.1 Å². The average molecular weight is 250 g/mol. The van der Waals surface area contributed by atoms with Crippen LogP contribution in [0.2, 0.25) is 0 Å². The second-order valence-corrected chi connectivity index (χ2v) is 8.50. The third kappa shape index (κ3) is 0.786. The predicted molar refractivity (Wildman–Crippen MR) is 64.7 cm³/mol. The summed E-state index contributed by atoms with van der Waals surface area (Å²) in [5.74, 6) is 1.43. The van der Waals surface area contributed by atoms with Gasteiger partial charge in [0, 0.05) is 0 Å². The van der Waals surface area contributed by atoms with Gasteiger partial charge in [-0.2, -0.15) is 0 Å². The Labute approximate surface area is 108 Å². The monoisotopic (exact) mass is 250 g/mol. The summed E-state index contributed by atoms with van der Waals surface area (Å²) >= 11 is 0. The van der Waals surface area contributed by atoms with Crippen molar-refractivity contribution in [1.82, 2.24) is 0 Å². The quantitative estimate of drug-likeness (QED) is 0.668. The van der Waals surface area contributed by atoms with Gasteiger partial charge >= 0.3 is 0 Å². The summed E-state index contributed by atoms with van der Waals surface area (Å²) < 4.78 is 11.8. The number of hydrogen-bond acceptors (Lipinski definition) is 3. The van der Waals surface area contributed by atoms with Gasteiger partial charge in [0.25, 0.3) is 0 Å². The summed E-state index contributed by atoms with van der Waals surface area (Å²) in [7, 11) is 0. The van der Waals surface area contributed by atoms with E-state index in [2.05, 4.69) is 20.8 Å². The zero-order valence-electron chi connectivity index (χ0n) is 11.4. The van der Waals surface area contributed by atoms with Crippen LogP contribution >= 0.6 is 0 Å². The molecular formula is C15H22O3. The van der Waals surface area contributed by atoms with Crippen LogP contribution < -0.4 is 0 Å². The van der Waals surface area contributed by atoms with Crippen molar-refractivity contribution < 1.29 is 14.6 Å². The van der Waals surface area contributed by atoms with E-state index in [1.165, 1.54) is 12.8 Å². The molecule has 7 atom stereocenters. The molecule has 5 aliphatic rings. The highest BCUT2D eigenvalue weighted by molar-refractivity contribution is 5.39. The molecule has 0 radical (unpaired) electrons. The van der Waals surface area contributed by atoms with Gasteiger partial charge in [-0.25, -0.2) is 0 Å². The van der Waals surface area contributed by atoms with Crippen molar-refractivity contribution in [2.24, 2.45) is 28.1 Å². The molecule has 2 heterocycles. The number of rotatable bonds is 0. The summed E-state index contributed by atoms with van der Waals surface area (Å²) in [6.45, 7) is 7.78. The molecule has 0 aromatic rings. The zero-order valence-corrected chi connectivity index (χ0v) is 11.4. The lowest BCUT2D eigenvalue weighted by molar-refractivity contribution is -0.105. The minimum absolute atomic E-state index is 0.0632. The molecule has 2 spiro atoms. The van der Waals surface area contributed by atoms with E-state index in [-0.39, 0.29) is 16.4 Å². The second kappa shape index (κ2) is 2.43. The summed E-state index contributed by atoms with van der Waals surface area (Å²) in [6.07, 6.45) is 3.47. The molecule has 18 heavy (non-hydrogen) atoms. The van der Waals surface area contributed by atoms with Crippen LogP contribution in [0.4, 0.5) is 0 Å². The van der Waals surface area contributed by atoms with Crippen LogP contribution in [0.1, 0.15) is 40.0 Å². The zero-order chi connectivity index (χ0) is 12.6. The molecule has 0 aromatic carbocycles. The minimum atomic E-state index is -0.586. The smallest absolute Gasteiger partial charge is 0.163 e. The van der Waals surface area contributed by atoms with Gasteiger partial charge in [0.15, 0.2) is 6.29 Å². The van der Waals surface area contributed by atoms with Crippen LogP contribution in [-0.4, -0.2) is 29.7 Å². The van der Waals surface area contributed by atoms with Crippen LogP contribution in [0.5, 0.6) is 0 Å². The maximum atomic E-state index is 10.3. The molecule has 100 valence electrons. The summed E-state index contributed by atoms with van der Waals surface area (Å²) in [5.41, 5.74) is 0.531. The van der Waals surface area contributed by atoms with Gasteiger partial charge in [-0.15, -0.1) is 0 Å². The third-order valence-corrected chi connectivity index (χ3v) is 7.20. The molecular weight excluding hydrogens is 228 g/mol. The van der Waals surface area contributed by atoms with E-state index in [9.17, 15) is 5.11 Å². The Morgan fingerprint density at radius 3 is 2.72 bits per heavy atom. The Kier molecular flexibility index (Phi) is 1.43. The molecule has 0 amide bonds. The first-order chi connectivity index (χ1) is 8.36. The van der Waals surface area contributed by atoms with E-state index in [4.69, 9.17) is 9.47 Å². The van der Waals surface area contributed by atoms with Gasteiger partial charge in [0.05, 0.1) is 18.1 Å². The standard InChI is InChI=1S/C15H22O3/c1-12(2)4-8-9(5-12)13(3)6-14(13)11(16)17-7-15(14)10(8)18-15/h8-11,16H,4-7H2,1-3H3/t8-,9+,10+,11+,13-,14+,15+/m0/s1. The van der Waals surface area contributed by atoms with Crippen molar-refractivity contribution in [1.29, 1.82) is 0 Å². The first kappa shape index (κ1) is 10.6. The molecule has 3 heteroatoms. The topological polar surface area (TPSA) is 42.0 Å². The first-order valence-electron chi connectivity index (χ1n) is 7.34. The highest BCUT2D eigenvalue weighted by Crippen LogP contribution is 2.88. The fraction of sp³-hybridized carbons (Fsp3) is 1.00. The highest BCUT2D eigenvalue weighted by atomic mass is 16.7. The second-order valence-electron chi connectivity index (χ2n) is 8.50. The Morgan fingerprint density at radius 1 is 1.17 bits per heavy atom. The van der Waals surface area contributed by atoms with Gasteiger partial charge in [0.1, 0.15) is 5.60 Å². The summed E-state index contributed by atoms with van der Waals surface area (Å²) in [4.78, 5) is 0. The van der Waals surface area contributed by atoms with Crippen LogP contribution in [0.15, 0.2) is 0 Å². The van der Waals surface area contributed by atoms with Crippen molar-refractivity contribution in [2.45, 2.75) is 58.0 Å². The van der Waals surface area contributed by atoms with Gasteiger partial charge in [-0.05, 0) is 41.9 Å². The lowest BCUT2D eigenvalue weighted by Crippen LogP contribution is -2.45. The minimum Gasteiger partial charge on any atom is -0.367 e. The van der Waals surface area contributed by atoms with Gasteiger partial charge in [-0.3, -0.25) is 0 Å². The molecule has 5 fully saturated rings. The molecule has 5 rings (SSSR count). The van der Waals surface area contributed by atoms with Crippen molar-refractivity contribution in [3.8, 4) is 0 Å². The van der Waals surface area contributed by atoms with E-state index in [0.717, 1.165) is 12.3 Å². The summed E-state index contributed by atoms with van der Waals surface area (Å²) in [5, 5.41) is 10.3. The fourth-order valence-corrected chi connectivity index (χ4v) is 6.41. The van der Waals surface area contributed by atoms with Crippen LogP contribution in [0.3, 0.4) is 0 Å². The average Bonchev–Trinajstić information content (AvgIpc) is 3.08. The lowest BCUT2D eigenvalue weighted by atomic mass is 9.64. The Morgan fingerprint density at radius 2 is 1.94 bits per heavy atom. The largest absolute Gasteiger partial charge is 0.367 e. The molecule has 3 saturated carbocycles. The van der Waals surface area contributed by atoms with Gasteiger partial charge in [-0.1, -0.05) is 20.8 Å². The SMILES string of the molecule is CC1(C)C[C@H]2[C@@H](C1)[C@]1(C)C[C@@]13[C@H](O)OC[C@]31O[C@H]21. The maximum Gasteiger partial charge on any atom is 0.163 e. The molecule has 2 saturated heterocycles. The number of epoxide rings is 1. The number of ether oxygens (including phenoxy) is 2. The van der Waals surface area contributed by atoms with E-state index in [1.807, 2.05) is 0 Å². The van der Waals surface area contributed by atoms with Crippen molar-refractivity contribution in [3.05, 3.63) is 0 Å². The van der Waals surface area contributed by atoms with Crippen molar-refractivity contribution in [2.75, 3.05) is 6.61 Å². The van der Waals surface area contributed by atoms with E-state index in [1.54, 1.807) is 0 Å². The molecule has 0 unspecified atom stereocenters. The maximum absolute atomic E-state index is 10.3. The van der Waals surface area contributed by atoms with Gasteiger partial charge < -0.3 is 14.6 Å². The molecule has 2 aliphatic heterocycles. The lowest BCUT2D eigenvalue weighted by Gasteiger charge is -2.36. The van der Waals surface area contributed by atoms with Crippen LogP contribution in [-0.2, 0) is 9.47 Å². The normalized spacial score (nSPS) is 70.0. The molecule has 1 N–H and O–H groups in total. The Hall–Kier alpha value is -0.120. The highest BCUT2D eigenvalue weighted by Gasteiger charge is 2.94. The van der Waals surface area contributed by atoms with Gasteiger partial charge in [0.2, 0.25) is 0 Å². The molecule has 0 bridgehead atoms. The Balaban J connectivity index is 1.65. The third-order valence-electron chi connectivity index (χ3n) is 7.20. The predicted octanol–water partition coefficient (Wildman–Crippen LogP) is 1.93. The van der Waals surface area contributed by atoms with Crippen molar-refractivity contribution in [3.63, 3.8) is 0 Å². The Bertz CT molecular complexity index is 461.